The summed E-state index contributed by atoms with van der Waals surface area (Å²) in [6, 6.07) is 31.3. The smallest absolute Gasteiger partial charge is 0.113 e. The number of allylic oxidation sites excluding steroid dienone is 1. The number of ether oxygens (including phenoxy) is 3. The lowest BCUT2D eigenvalue weighted by Gasteiger charge is -2.48. The van der Waals surface area contributed by atoms with Crippen LogP contribution < -0.4 is 0 Å². The summed E-state index contributed by atoms with van der Waals surface area (Å²) in [7, 11) is -1.63. The largest absolute Gasteiger partial charge is 0.389 e. The van der Waals surface area contributed by atoms with E-state index in [0.717, 1.165) is 28.9 Å². The van der Waals surface area contributed by atoms with Gasteiger partial charge in [0.25, 0.3) is 0 Å². The molecule has 0 aliphatic carbocycles. The molecular weight excluding hydrogens is 502 g/mol. The van der Waals surface area contributed by atoms with E-state index >= 15 is 0 Å². The number of nitrogens with zero attached hydrogens (tertiary/aromatic N) is 1. The van der Waals surface area contributed by atoms with Crippen LogP contribution in [0.5, 0.6) is 0 Å². The summed E-state index contributed by atoms with van der Waals surface area (Å²) in [4.78, 5) is 2.39. The highest BCUT2D eigenvalue weighted by atomic mass is 28.3. The van der Waals surface area contributed by atoms with Crippen LogP contribution in [0, 0.1) is 0 Å². The van der Waals surface area contributed by atoms with Gasteiger partial charge in [-0.2, -0.15) is 0 Å². The second-order valence-electron chi connectivity index (χ2n) is 11.2. The Hall–Kier alpha value is -2.58. The van der Waals surface area contributed by atoms with E-state index in [-0.39, 0.29) is 12.1 Å². The summed E-state index contributed by atoms with van der Waals surface area (Å²) in [5.74, 6) is 0. The molecule has 208 valence electrons. The molecule has 0 bridgehead atoms. The summed E-state index contributed by atoms with van der Waals surface area (Å²) < 4.78 is 19.1. The lowest BCUT2D eigenvalue weighted by atomic mass is 9.94. The van der Waals surface area contributed by atoms with E-state index in [0.29, 0.717) is 33.0 Å². The van der Waals surface area contributed by atoms with Gasteiger partial charge in [-0.3, -0.25) is 4.90 Å². The minimum atomic E-state index is -1.63. The third kappa shape index (κ3) is 8.97. The van der Waals surface area contributed by atoms with Crippen LogP contribution in [0.4, 0.5) is 0 Å². The molecule has 4 atom stereocenters. The summed E-state index contributed by atoms with van der Waals surface area (Å²) in [6.07, 6.45) is 1.45. The van der Waals surface area contributed by atoms with Gasteiger partial charge >= 0.3 is 0 Å². The number of aliphatic hydroxyl groups excluding tert-OH is 1. The monoisotopic (exact) mass is 545 g/mol. The Morgan fingerprint density at radius 1 is 0.821 bits per heavy atom. The maximum Gasteiger partial charge on any atom is 0.113 e. The summed E-state index contributed by atoms with van der Waals surface area (Å²) in [6.45, 7) is 11.2. The van der Waals surface area contributed by atoms with Gasteiger partial charge in [-0.15, -0.1) is 6.58 Å². The fraction of sp³-hybridized carbons (Fsp3) is 0.394. The number of hydrogen-bond donors (Lipinski definition) is 1. The molecule has 3 aromatic carbocycles. The molecule has 4 rings (SSSR count). The van der Waals surface area contributed by atoms with E-state index in [1.54, 1.807) is 0 Å². The Morgan fingerprint density at radius 2 is 1.33 bits per heavy atom. The molecule has 0 saturated carbocycles. The van der Waals surface area contributed by atoms with E-state index in [9.17, 15) is 5.11 Å². The van der Waals surface area contributed by atoms with Crippen molar-refractivity contribution in [3.63, 3.8) is 0 Å². The van der Waals surface area contributed by atoms with Crippen LogP contribution >= 0.6 is 0 Å². The molecule has 0 unspecified atom stereocenters. The van der Waals surface area contributed by atoms with Gasteiger partial charge in [-0.25, -0.2) is 0 Å². The first kappa shape index (κ1) is 29.4. The molecule has 3 aromatic rings. The number of likely N-dealkylation sites (tertiary alicyclic amines) is 1. The van der Waals surface area contributed by atoms with Gasteiger partial charge in [-0.1, -0.05) is 110 Å². The minimum Gasteiger partial charge on any atom is -0.389 e. The zero-order chi connectivity index (χ0) is 27.5. The van der Waals surface area contributed by atoms with Crippen molar-refractivity contribution in [3.05, 3.63) is 120 Å². The molecule has 39 heavy (non-hydrogen) atoms. The third-order valence-corrected chi connectivity index (χ3v) is 9.96. The van der Waals surface area contributed by atoms with Gasteiger partial charge in [0.1, 0.15) is 12.2 Å². The molecule has 1 aliphatic rings. The molecule has 1 fully saturated rings. The normalized spacial score (nSPS) is 22.0. The number of hydrogen-bond acceptors (Lipinski definition) is 5. The fourth-order valence-corrected chi connectivity index (χ4v) is 7.66. The van der Waals surface area contributed by atoms with Crippen molar-refractivity contribution in [2.24, 2.45) is 0 Å². The molecule has 5 nitrogen and oxygen atoms in total. The summed E-state index contributed by atoms with van der Waals surface area (Å²) >= 11 is 0. The number of piperidine rings is 1. The standard InChI is InChI=1S/C33H43NO4Si/c1-4-20-39(2,3)26-34-21-31(37-23-28-16-10-6-11-17-28)33(38-24-29-18-12-7-13-19-29)32(35)30(34)25-36-22-27-14-8-5-9-15-27/h4-19,30-33,35H,1,20-26H2,2-3H3/t30-,31+,32-,33-/m1/s1. The second kappa shape index (κ2) is 14.7. The van der Waals surface area contributed by atoms with Crippen molar-refractivity contribution < 1.29 is 19.3 Å². The zero-order valence-corrected chi connectivity index (χ0v) is 24.3. The molecule has 1 N–H and O–H groups in total. The Bertz CT molecular complexity index is 1110. The lowest BCUT2D eigenvalue weighted by Crippen LogP contribution is -2.66. The quantitative estimate of drug-likeness (QED) is 0.203. The Kier molecular flexibility index (Phi) is 11.1. The van der Waals surface area contributed by atoms with Crippen LogP contribution in [0.2, 0.25) is 19.1 Å². The molecular formula is C33H43NO4Si. The van der Waals surface area contributed by atoms with Gasteiger partial charge in [-0.05, 0) is 28.9 Å². The highest BCUT2D eigenvalue weighted by Gasteiger charge is 2.45. The van der Waals surface area contributed by atoms with Gasteiger partial charge in [0, 0.05) is 6.54 Å². The Balaban J connectivity index is 1.53. The molecule has 0 spiro atoms. The number of benzene rings is 3. The van der Waals surface area contributed by atoms with Crippen molar-refractivity contribution in [2.75, 3.05) is 19.3 Å². The van der Waals surface area contributed by atoms with Crippen LogP contribution in [-0.2, 0) is 34.0 Å². The van der Waals surface area contributed by atoms with Gasteiger partial charge in [0.15, 0.2) is 0 Å². The topological polar surface area (TPSA) is 51.2 Å². The number of rotatable bonds is 14. The van der Waals surface area contributed by atoms with E-state index in [4.69, 9.17) is 14.2 Å². The van der Waals surface area contributed by atoms with Crippen molar-refractivity contribution in [2.45, 2.75) is 63.3 Å². The van der Waals surface area contributed by atoms with Crippen molar-refractivity contribution in [1.29, 1.82) is 0 Å². The van der Waals surface area contributed by atoms with Crippen LogP contribution in [0.15, 0.2) is 104 Å². The van der Waals surface area contributed by atoms with E-state index in [1.165, 1.54) is 0 Å². The first-order valence-electron chi connectivity index (χ1n) is 13.9. The molecule has 6 heteroatoms. The molecule has 0 aromatic heterocycles. The highest BCUT2D eigenvalue weighted by molar-refractivity contribution is 6.78. The van der Waals surface area contributed by atoms with E-state index in [1.807, 2.05) is 72.8 Å². The molecule has 1 aliphatic heterocycles. The van der Waals surface area contributed by atoms with Gasteiger partial charge in [0.2, 0.25) is 0 Å². The predicted molar refractivity (Wildman–Crippen MR) is 160 cm³/mol. The lowest BCUT2D eigenvalue weighted by molar-refractivity contribution is -0.190. The maximum absolute atomic E-state index is 11.8. The average Bonchev–Trinajstić information content (AvgIpc) is 2.94. The van der Waals surface area contributed by atoms with Gasteiger partial charge in [0.05, 0.1) is 46.6 Å². The zero-order valence-electron chi connectivity index (χ0n) is 23.3. The SMILES string of the molecule is C=CC[Si](C)(C)CN1C[C@H](OCc2ccccc2)[C@@H](OCc2ccccc2)[C@H](O)[C@H]1COCc1ccccc1. The average molecular weight is 546 g/mol. The third-order valence-electron chi connectivity index (χ3n) is 7.30. The fourth-order valence-electron chi connectivity index (χ4n) is 5.29. The second-order valence-corrected chi connectivity index (χ2v) is 16.3. The first-order chi connectivity index (χ1) is 18.9. The Morgan fingerprint density at radius 3 is 1.87 bits per heavy atom. The first-order valence-corrected chi connectivity index (χ1v) is 17.3. The summed E-state index contributed by atoms with van der Waals surface area (Å²) in [5, 5.41) is 11.8. The molecule has 0 radical (unpaired) electrons. The van der Waals surface area contributed by atoms with Crippen molar-refractivity contribution >= 4 is 8.07 Å². The molecule has 1 heterocycles. The number of aliphatic hydroxyl groups is 1. The van der Waals surface area contributed by atoms with E-state index in [2.05, 4.69) is 48.8 Å². The van der Waals surface area contributed by atoms with E-state index < -0.39 is 20.3 Å². The molecule has 1 saturated heterocycles. The van der Waals surface area contributed by atoms with Crippen LogP contribution in [-0.4, -0.2) is 61.8 Å². The van der Waals surface area contributed by atoms with Crippen LogP contribution in [0.1, 0.15) is 16.7 Å². The maximum atomic E-state index is 11.8. The summed E-state index contributed by atoms with van der Waals surface area (Å²) in [5.41, 5.74) is 3.30. The van der Waals surface area contributed by atoms with Gasteiger partial charge < -0.3 is 19.3 Å². The van der Waals surface area contributed by atoms with Crippen LogP contribution in [0.3, 0.4) is 0 Å². The van der Waals surface area contributed by atoms with Crippen LogP contribution in [0.25, 0.3) is 0 Å². The van der Waals surface area contributed by atoms with Crippen molar-refractivity contribution in [3.8, 4) is 0 Å². The van der Waals surface area contributed by atoms with Crippen molar-refractivity contribution in [1.82, 2.24) is 4.90 Å². The molecule has 0 amide bonds. The Labute approximate surface area is 235 Å². The minimum absolute atomic E-state index is 0.192. The predicted octanol–water partition coefficient (Wildman–Crippen LogP) is 5.85. The highest BCUT2D eigenvalue weighted by Crippen LogP contribution is 2.28.